The standard InChI is InChI=1S/C106H62O2/c1-2-22-67-56-72(48-43-63(67)20-1)100-80-27-5-6-28-81(80)102(96-60-70(51-54-91(96)100)69-47-45-66-24-18-38-90(94(66)59-69)104-88-35-13-11-33-86(88)103(87-34-12-14-36-89(87)104)79-37-17-23-65-21-3-4-25-76(65)79)73-49-44-64-42-46-68(57-75(64)58-73)71-50-53-78-92-39-19-40-93(106(92)108-99(78)62-71)105-84-31-9-7-29-82(84)101(83-30-8-10-32-85(83)105)74-52-55-98-95(61-74)77-26-15-16-41-97(77)107-98/h1-62H. The van der Waals surface area contributed by atoms with Gasteiger partial charge in [0, 0.05) is 32.7 Å². The first kappa shape index (κ1) is 60.3. The molecule has 498 valence electrons. The molecule has 23 rings (SSSR count). The van der Waals surface area contributed by atoms with Gasteiger partial charge in [0.2, 0.25) is 0 Å². The van der Waals surface area contributed by atoms with Gasteiger partial charge in [-0.05, 0) is 246 Å². The van der Waals surface area contributed by atoms with Crippen LogP contribution in [0.4, 0.5) is 0 Å². The van der Waals surface area contributed by atoms with Crippen LogP contribution >= 0.6 is 0 Å². The molecule has 2 aromatic heterocycles. The van der Waals surface area contributed by atoms with Crippen LogP contribution in [0.2, 0.25) is 0 Å². The molecular formula is C106H62O2. The molecule has 21 aromatic carbocycles. The van der Waals surface area contributed by atoms with E-state index in [0.29, 0.717) is 0 Å². The first-order valence-electron chi connectivity index (χ1n) is 37.3. The average Bonchev–Trinajstić information content (AvgIpc) is 1.08. The van der Waals surface area contributed by atoms with Crippen molar-refractivity contribution in [1.82, 2.24) is 0 Å². The van der Waals surface area contributed by atoms with Gasteiger partial charge in [-0.25, -0.2) is 0 Å². The molecule has 2 heterocycles. The van der Waals surface area contributed by atoms with E-state index in [-0.39, 0.29) is 0 Å². The average molecular weight is 1370 g/mol. The van der Waals surface area contributed by atoms with Crippen LogP contribution in [0.25, 0.3) is 241 Å². The Morgan fingerprint density at radius 1 is 0.130 bits per heavy atom. The maximum absolute atomic E-state index is 7.24. The van der Waals surface area contributed by atoms with E-state index in [9.17, 15) is 0 Å². The Bertz CT molecular complexity index is 7690. The molecule has 0 fully saturated rings. The Labute approximate surface area is 621 Å². The minimum Gasteiger partial charge on any atom is -0.456 e. The van der Waals surface area contributed by atoms with Crippen LogP contribution in [-0.4, -0.2) is 0 Å². The lowest BCUT2D eigenvalue weighted by atomic mass is 9.83. The fourth-order valence-corrected chi connectivity index (χ4v) is 18.5. The normalized spacial score (nSPS) is 12.1. The maximum Gasteiger partial charge on any atom is 0.143 e. The van der Waals surface area contributed by atoms with Crippen molar-refractivity contribution in [3.63, 3.8) is 0 Å². The van der Waals surface area contributed by atoms with Gasteiger partial charge in [0.15, 0.2) is 0 Å². The van der Waals surface area contributed by atoms with Crippen molar-refractivity contribution in [2.45, 2.75) is 0 Å². The molecule has 2 heteroatoms. The largest absolute Gasteiger partial charge is 0.456 e. The first-order valence-corrected chi connectivity index (χ1v) is 37.3. The van der Waals surface area contributed by atoms with Gasteiger partial charge in [0.05, 0.1) is 0 Å². The SMILES string of the molecule is c1ccc2cc(-c3c4ccccc4c(-c4ccc5ccc(-c6ccc7c(c6)oc6c(-c8c9ccccc9c(-c9ccc%10oc%11ccccc%11c%10c9)c9ccccc89)cccc67)cc5c4)c4cc(-c5ccc6cccc(-c7c8ccccc8c(-c8cccc9ccccc89)c8ccccc78)c6c5)ccc34)ccc2c1. The van der Waals surface area contributed by atoms with Crippen molar-refractivity contribution in [3.05, 3.63) is 376 Å². The molecule has 0 unspecified atom stereocenters. The van der Waals surface area contributed by atoms with Crippen LogP contribution in [0, 0.1) is 0 Å². The zero-order chi connectivity index (χ0) is 70.7. The summed E-state index contributed by atoms with van der Waals surface area (Å²) < 4.78 is 13.6. The van der Waals surface area contributed by atoms with Crippen LogP contribution in [0.15, 0.2) is 385 Å². The van der Waals surface area contributed by atoms with E-state index in [1.165, 1.54) is 147 Å². The highest BCUT2D eigenvalue weighted by Gasteiger charge is 2.25. The summed E-state index contributed by atoms with van der Waals surface area (Å²) in [5, 5.41) is 28.6. The fraction of sp³-hybridized carbons (Fsp3) is 0. The van der Waals surface area contributed by atoms with E-state index in [1.807, 2.05) is 12.1 Å². The molecule has 108 heavy (non-hydrogen) atoms. The lowest BCUT2D eigenvalue weighted by molar-refractivity contribution is 0.669. The highest BCUT2D eigenvalue weighted by Crippen LogP contribution is 2.52. The molecular weight excluding hydrogens is 1310 g/mol. The second kappa shape index (κ2) is 23.7. The summed E-state index contributed by atoms with van der Waals surface area (Å²) in [5.41, 5.74) is 22.4. The third-order valence-corrected chi connectivity index (χ3v) is 23.4. The third kappa shape index (κ3) is 9.21. The number of fused-ring (bicyclic) bond motifs is 16. The minimum atomic E-state index is 0.853. The van der Waals surface area contributed by atoms with Gasteiger partial charge in [-0.2, -0.15) is 0 Å². The minimum absolute atomic E-state index is 0.853. The molecule has 0 spiro atoms. The van der Waals surface area contributed by atoms with Gasteiger partial charge < -0.3 is 8.83 Å². The summed E-state index contributed by atoms with van der Waals surface area (Å²) in [6, 6.07) is 140. The topological polar surface area (TPSA) is 26.3 Å². The molecule has 0 saturated heterocycles. The van der Waals surface area contributed by atoms with Crippen LogP contribution < -0.4 is 0 Å². The van der Waals surface area contributed by atoms with Crippen LogP contribution in [0.5, 0.6) is 0 Å². The summed E-state index contributed by atoms with van der Waals surface area (Å²) >= 11 is 0. The van der Waals surface area contributed by atoms with Gasteiger partial charge in [0.1, 0.15) is 22.3 Å². The lowest BCUT2D eigenvalue weighted by Gasteiger charge is -2.20. The van der Waals surface area contributed by atoms with E-state index >= 15 is 0 Å². The molecule has 0 saturated carbocycles. The van der Waals surface area contributed by atoms with Crippen molar-refractivity contribution in [2.24, 2.45) is 0 Å². The van der Waals surface area contributed by atoms with E-state index in [2.05, 4.69) is 364 Å². The summed E-state index contributed by atoms with van der Waals surface area (Å²) in [6.07, 6.45) is 0. The molecule has 0 bridgehead atoms. The van der Waals surface area contributed by atoms with Crippen molar-refractivity contribution < 1.29 is 8.83 Å². The number of benzene rings is 21. The van der Waals surface area contributed by atoms with Crippen molar-refractivity contribution in [3.8, 4) is 89.0 Å². The van der Waals surface area contributed by atoms with Gasteiger partial charge >= 0.3 is 0 Å². The predicted molar refractivity (Wildman–Crippen MR) is 460 cm³/mol. The number of rotatable bonds is 8. The van der Waals surface area contributed by atoms with Gasteiger partial charge in [-0.3, -0.25) is 0 Å². The molecule has 0 N–H and O–H groups in total. The smallest absolute Gasteiger partial charge is 0.143 e. The Morgan fingerprint density at radius 3 is 1.06 bits per heavy atom. The lowest BCUT2D eigenvalue weighted by Crippen LogP contribution is -1.93. The van der Waals surface area contributed by atoms with E-state index in [1.54, 1.807) is 0 Å². The Kier molecular flexibility index (Phi) is 13.2. The van der Waals surface area contributed by atoms with E-state index in [4.69, 9.17) is 8.83 Å². The summed E-state index contributed by atoms with van der Waals surface area (Å²) in [6.45, 7) is 0. The number of furan rings is 2. The second-order valence-corrected chi connectivity index (χ2v) is 29.1. The van der Waals surface area contributed by atoms with Crippen LogP contribution in [0.3, 0.4) is 0 Å². The quantitative estimate of drug-likeness (QED) is 0.142. The zero-order valence-electron chi connectivity index (χ0n) is 58.6. The molecule has 0 aliphatic heterocycles. The molecule has 0 amide bonds. The Balaban J connectivity index is 0.670. The van der Waals surface area contributed by atoms with Crippen molar-refractivity contribution in [2.75, 3.05) is 0 Å². The Morgan fingerprint density at radius 2 is 0.454 bits per heavy atom. The molecule has 2 nitrogen and oxygen atoms in total. The summed E-state index contributed by atoms with van der Waals surface area (Å²) in [5.74, 6) is 0. The molecule has 23 aromatic rings. The van der Waals surface area contributed by atoms with Crippen LogP contribution in [-0.2, 0) is 0 Å². The van der Waals surface area contributed by atoms with Crippen LogP contribution in [0.1, 0.15) is 0 Å². The molecule has 0 aliphatic rings. The van der Waals surface area contributed by atoms with Crippen molar-refractivity contribution in [1.29, 1.82) is 0 Å². The fourth-order valence-electron chi connectivity index (χ4n) is 18.5. The number of hydrogen-bond acceptors (Lipinski definition) is 2. The van der Waals surface area contributed by atoms with Crippen molar-refractivity contribution >= 4 is 152 Å². The summed E-state index contributed by atoms with van der Waals surface area (Å²) in [7, 11) is 0. The third-order valence-electron chi connectivity index (χ3n) is 23.4. The molecule has 0 radical (unpaired) electrons. The van der Waals surface area contributed by atoms with E-state index in [0.717, 1.165) is 93.8 Å². The highest BCUT2D eigenvalue weighted by atomic mass is 16.3. The number of hydrogen-bond donors (Lipinski definition) is 0. The number of para-hydroxylation sites is 2. The molecule has 0 atom stereocenters. The zero-order valence-corrected chi connectivity index (χ0v) is 58.6. The van der Waals surface area contributed by atoms with Gasteiger partial charge in [-0.1, -0.05) is 315 Å². The maximum atomic E-state index is 7.24. The predicted octanol–water partition coefficient (Wildman–Crippen LogP) is 30.4. The summed E-state index contributed by atoms with van der Waals surface area (Å²) in [4.78, 5) is 0. The van der Waals surface area contributed by atoms with E-state index < -0.39 is 0 Å². The highest BCUT2D eigenvalue weighted by molar-refractivity contribution is 6.28. The van der Waals surface area contributed by atoms with Gasteiger partial charge in [-0.15, -0.1) is 0 Å². The monoisotopic (exact) mass is 1370 g/mol. The first-order chi connectivity index (χ1) is 53.5. The second-order valence-electron chi connectivity index (χ2n) is 29.1. The van der Waals surface area contributed by atoms with Gasteiger partial charge in [0.25, 0.3) is 0 Å². The Hall–Kier alpha value is -14.2. The molecule has 0 aliphatic carbocycles.